The SMILES string of the molecule is Cc1coc(Sc2ccc(CNC(C)C)c(C)c2)n1. The van der Waals surface area contributed by atoms with E-state index in [1.54, 1.807) is 18.0 Å². The molecule has 0 bridgehead atoms. The Balaban J connectivity index is 2.06. The van der Waals surface area contributed by atoms with Crippen molar-refractivity contribution in [2.75, 3.05) is 0 Å². The summed E-state index contributed by atoms with van der Waals surface area (Å²) in [5.41, 5.74) is 3.54. The molecule has 0 spiro atoms. The van der Waals surface area contributed by atoms with Crippen molar-refractivity contribution in [2.24, 2.45) is 0 Å². The van der Waals surface area contributed by atoms with Gasteiger partial charge in [0, 0.05) is 17.5 Å². The summed E-state index contributed by atoms with van der Waals surface area (Å²) in [4.78, 5) is 5.46. The Kier molecular flexibility index (Phi) is 4.66. The fourth-order valence-corrected chi connectivity index (χ4v) is 2.58. The lowest BCUT2D eigenvalue weighted by Crippen LogP contribution is -2.22. The van der Waals surface area contributed by atoms with E-state index in [2.05, 4.69) is 49.3 Å². The van der Waals surface area contributed by atoms with Gasteiger partial charge in [-0.25, -0.2) is 4.98 Å². The molecular weight excluding hydrogens is 256 g/mol. The van der Waals surface area contributed by atoms with Gasteiger partial charge in [0.15, 0.2) is 0 Å². The van der Waals surface area contributed by atoms with Crippen molar-refractivity contribution < 1.29 is 4.42 Å². The van der Waals surface area contributed by atoms with E-state index in [9.17, 15) is 0 Å². The maximum Gasteiger partial charge on any atom is 0.260 e. The summed E-state index contributed by atoms with van der Waals surface area (Å²) in [5, 5.41) is 4.14. The van der Waals surface area contributed by atoms with Crippen molar-refractivity contribution in [3.05, 3.63) is 41.3 Å². The first-order chi connectivity index (χ1) is 9.04. The number of oxazole rings is 1. The smallest absolute Gasteiger partial charge is 0.260 e. The summed E-state index contributed by atoms with van der Waals surface area (Å²) in [6.45, 7) is 9.29. The normalized spacial score (nSPS) is 11.2. The summed E-state index contributed by atoms with van der Waals surface area (Å²) in [7, 11) is 0. The van der Waals surface area contributed by atoms with Crippen LogP contribution in [-0.4, -0.2) is 11.0 Å². The average molecular weight is 276 g/mol. The van der Waals surface area contributed by atoms with Crippen molar-refractivity contribution in [1.29, 1.82) is 0 Å². The number of hydrogen-bond donors (Lipinski definition) is 1. The summed E-state index contributed by atoms with van der Waals surface area (Å²) in [6, 6.07) is 6.97. The second-order valence-corrected chi connectivity index (χ2v) is 6.01. The highest BCUT2D eigenvalue weighted by atomic mass is 32.2. The van der Waals surface area contributed by atoms with Gasteiger partial charge < -0.3 is 9.73 Å². The molecule has 19 heavy (non-hydrogen) atoms. The van der Waals surface area contributed by atoms with E-state index >= 15 is 0 Å². The summed E-state index contributed by atoms with van der Waals surface area (Å²) in [5.74, 6) is 0. The van der Waals surface area contributed by atoms with Gasteiger partial charge in [-0.2, -0.15) is 0 Å². The van der Waals surface area contributed by atoms with Crippen LogP contribution < -0.4 is 5.32 Å². The lowest BCUT2D eigenvalue weighted by atomic mass is 10.1. The van der Waals surface area contributed by atoms with Gasteiger partial charge in [-0.05, 0) is 48.9 Å². The Bertz CT molecular complexity index is 549. The fraction of sp³-hybridized carbons (Fsp3) is 0.400. The zero-order valence-electron chi connectivity index (χ0n) is 11.9. The van der Waals surface area contributed by atoms with Crippen molar-refractivity contribution in [2.45, 2.75) is 50.4 Å². The van der Waals surface area contributed by atoms with E-state index in [0.29, 0.717) is 11.3 Å². The van der Waals surface area contributed by atoms with Crippen LogP contribution in [0.25, 0.3) is 0 Å². The van der Waals surface area contributed by atoms with E-state index in [1.165, 1.54) is 11.1 Å². The molecular formula is C15H20N2OS. The summed E-state index contributed by atoms with van der Waals surface area (Å²) >= 11 is 1.56. The van der Waals surface area contributed by atoms with E-state index < -0.39 is 0 Å². The Morgan fingerprint density at radius 3 is 2.68 bits per heavy atom. The molecule has 0 saturated heterocycles. The molecule has 102 valence electrons. The van der Waals surface area contributed by atoms with Crippen molar-refractivity contribution in [3.8, 4) is 0 Å². The highest BCUT2D eigenvalue weighted by molar-refractivity contribution is 7.99. The first-order valence-electron chi connectivity index (χ1n) is 6.47. The minimum atomic E-state index is 0.503. The zero-order chi connectivity index (χ0) is 13.8. The Morgan fingerprint density at radius 1 is 1.32 bits per heavy atom. The van der Waals surface area contributed by atoms with Crippen LogP contribution in [0.15, 0.2) is 39.0 Å². The molecule has 0 amide bonds. The van der Waals surface area contributed by atoms with Gasteiger partial charge in [-0.3, -0.25) is 0 Å². The minimum Gasteiger partial charge on any atom is -0.439 e. The third-order valence-electron chi connectivity index (χ3n) is 2.82. The van der Waals surface area contributed by atoms with Gasteiger partial charge in [-0.1, -0.05) is 19.9 Å². The number of aryl methyl sites for hydroxylation is 2. The maximum absolute atomic E-state index is 5.36. The summed E-state index contributed by atoms with van der Waals surface area (Å²) in [6.07, 6.45) is 1.68. The highest BCUT2D eigenvalue weighted by Crippen LogP contribution is 2.28. The quantitative estimate of drug-likeness (QED) is 0.897. The van der Waals surface area contributed by atoms with Gasteiger partial charge in [0.05, 0.1) is 5.69 Å². The largest absolute Gasteiger partial charge is 0.439 e. The molecule has 0 fully saturated rings. The number of nitrogens with one attached hydrogen (secondary N) is 1. The molecule has 0 unspecified atom stereocenters. The highest BCUT2D eigenvalue weighted by Gasteiger charge is 2.06. The molecule has 1 N–H and O–H groups in total. The van der Waals surface area contributed by atoms with Crippen LogP contribution in [0.3, 0.4) is 0 Å². The summed E-state index contributed by atoms with van der Waals surface area (Å²) < 4.78 is 5.36. The van der Waals surface area contributed by atoms with Gasteiger partial charge in [-0.15, -0.1) is 0 Å². The van der Waals surface area contributed by atoms with Crippen LogP contribution in [0.2, 0.25) is 0 Å². The molecule has 2 rings (SSSR count). The van der Waals surface area contributed by atoms with E-state index in [1.807, 2.05) is 6.92 Å². The zero-order valence-corrected chi connectivity index (χ0v) is 12.7. The van der Waals surface area contributed by atoms with Crippen molar-refractivity contribution in [1.82, 2.24) is 10.3 Å². The molecule has 0 aliphatic carbocycles. The number of nitrogens with zero attached hydrogens (tertiary/aromatic N) is 1. The number of rotatable bonds is 5. The van der Waals surface area contributed by atoms with Crippen LogP contribution in [0.4, 0.5) is 0 Å². The van der Waals surface area contributed by atoms with Gasteiger partial charge >= 0.3 is 0 Å². The monoisotopic (exact) mass is 276 g/mol. The number of aromatic nitrogens is 1. The van der Waals surface area contributed by atoms with Gasteiger partial charge in [0.1, 0.15) is 6.26 Å². The first kappa shape index (κ1) is 14.2. The molecule has 0 radical (unpaired) electrons. The molecule has 0 aliphatic heterocycles. The van der Waals surface area contributed by atoms with E-state index in [4.69, 9.17) is 4.42 Å². The molecule has 1 aromatic carbocycles. The number of hydrogen-bond acceptors (Lipinski definition) is 4. The molecule has 1 heterocycles. The fourth-order valence-electron chi connectivity index (χ4n) is 1.72. The maximum atomic E-state index is 5.36. The third kappa shape index (κ3) is 4.11. The van der Waals surface area contributed by atoms with E-state index in [0.717, 1.165) is 17.1 Å². The molecule has 0 saturated carbocycles. The molecule has 0 aliphatic rings. The minimum absolute atomic E-state index is 0.503. The Labute approximate surface area is 118 Å². The lowest BCUT2D eigenvalue weighted by molar-refractivity contribution is 0.454. The van der Waals surface area contributed by atoms with Crippen LogP contribution in [0, 0.1) is 13.8 Å². The molecule has 2 aromatic rings. The third-order valence-corrected chi connectivity index (χ3v) is 3.67. The van der Waals surface area contributed by atoms with Gasteiger partial charge in [0.2, 0.25) is 0 Å². The molecule has 4 heteroatoms. The second-order valence-electron chi connectivity index (χ2n) is 4.98. The lowest BCUT2D eigenvalue weighted by Gasteiger charge is -2.11. The predicted molar refractivity (Wildman–Crippen MR) is 78.5 cm³/mol. The topological polar surface area (TPSA) is 38.1 Å². The Morgan fingerprint density at radius 2 is 2.11 bits per heavy atom. The number of benzene rings is 1. The second kappa shape index (κ2) is 6.26. The van der Waals surface area contributed by atoms with Crippen LogP contribution in [-0.2, 0) is 6.54 Å². The molecule has 0 atom stereocenters. The van der Waals surface area contributed by atoms with E-state index in [-0.39, 0.29) is 0 Å². The van der Waals surface area contributed by atoms with Gasteiger partial charge in [0.25, 0.3) is 5.22 Å². The van der Waals surface area contributed by atoms with Crippen molar-refractivity contribution >= 4 is 11.8 Å². The predicted octanol–water partition coefficient (Wildman–Crippen LogP) is 3.94. The van der Waals surface area contributed by atoms with Crippen LogP contribution in [0.5, 0.6) is 0 Å². The average Bonchev–Trinajstić information content (AvgIpc) is 2.73. The first-order valence-corrected chi connectivity index (χ1v) is 7.29. The Hall–Kier alpha value is -1.26. The van der Waals surface area contributed by atoms with Crippen LogP contribution in [0.1, 0.15) is 30.7 Å². The molecule has 1 aromatic heterocycles. The van der Waals surface area contributed by atoms with Crippen LogP contribution >= 0.6 is 11.8 Å². The standard InChI is InChI=1S/C15H20N2OS/c1-10(2)16-8-13-5-6-14(7-11(13)3)19-15-17-12(4)9-18-15/h5-7,9-10,16H,8H2,1-4H3. The molecule has 3 nitrogen and oxygen atoms in total. The van der Waals surface area contributed by atoms with Crippen molar-refractivity contribution in [3.63, 3.8) is 0 Å².